The maximum Gasteiger partial charge on any atom is 0.269 e. The van der Waals surface area contributed by atoms with Gasteiger partial charge in [-0.1, -0.05) is 39.5 Å². The number of amidine groups is 1. The van der Waals surface area contributed by atoms with Crippen LogP contribution in [0.1, 0.15) is 70.8 Å². The van der Waals surface area contributed by atoms with E-state index in [4.69, 9.17) is 9.98 Å². The molecule has 0 radical (unpaired) electrons. The Bertz CT molecular complexity index is 613. The van der Waals surface area contributed by atoms with Gasteiger partial charge in [0.1, 0.15) is 5.84 Å². The molecule has 0 fully saturated rings. The van der Waals surface area contributed by atoms with Crippen molar-refractivity contribution in [1.29, 1.82) is 0 Å². The Labute approximate surface area is 149 Å². The number of non-ortho nitro benzene ring substituents is 1. The van der Waals surface area contributed by atoms with Crippen LogP contribution in [0.3, 0.4) is 0 Å². The summed E-state index contributed by atoms with van der Waals surface area (Å²) in [6, 6.07) is 6.51. The molecule has 1 aromatic carbocycles. The Morgan fingerprint density at radius 2 is 1.64 bits per heavy atom. The van der Waals surface area contributed by atoms with Crippen molar-refractivity contribution in [1.82, 2.24) is 5.32 Å². The maximum absolute atomic E-state index is 10.8. The van der Waals surface area contributed by atoms with Gasteiger partial charge in [-0.25, -0.2) is 9.98 Å². The minimum Gasteiger partial charge on any atom is -0.331 e. The SMILES string of the molecule is CCCCCC1(CCCCC)N=CNC(c2ccc([N+](=O)[O-])cc2)=N1. The Morgan fingerprint density at radius 3 is 2.16 bits per heavy atom. The summed E-state index contributed by atoms with van der Waals surface area (Å²) in [5.74, 6) is 0.748. The number of hydrogen-bond donors (Lipinski definition) is 1. The zero-order valence-corrected chi connectivity index (χ0v) is 15.2. The van der Waals surface area contributed by atoms with Crippen LogP contribution < -0.4 is 5.32 Å². The van der Waals surface area contributed by atoms with Crippen molar-refractivity contribution >= 4 is 17.9 Å². The number of aliphatic imine (C=N–C) groups is 2. The van der Waals surface area contributed by atoms with Crippen molar-refractivity contribution in [2.75, 3.05) is 0 Å². The van der Waals surface area contributed by atoms with Gasteiger partial charge in [0, 0.05) is 17.7 Å². The van der Waals surface area contributed by atoms with E-state index in [1.165, 1.54) is 37.8 Å². The number of nitro groups is 1. The van der Waals surface area contributed by atoms with E-state index in [-0.39, 0.29) is 10.6 Å². The predicted molar refractivity (Wildman–Crippen MR) is 102 cm³/mol. The molecule has 6 nitrogen and oxygen atoms in total. The summed E-state index contributed by atoms with van der Waals surface area (Å²) in [5, 5.41) is 13.9. The van der Waals surface area contributed by atoms with Crippen molar-refractivity contribution in [3.8, 4) is 0 Å². The highest BCUT2D eigenvalue weighted by Crippen LogP contribution is 2.30. The van der Waals surface area contributed by atoms with Crippen LogP contribution in [0.2, 0.25) is 0 Å². The number of nitrogens with zero attached hydrogens (tertiary/aromatic N) is 3. The van der Waals surface area contributed by atoms with Crippen LogP contribution in [0.5, 0.6) is 0 Å². The molecule has 0 saturated heterocycles. The Balaban J connectivity index is 2.21. The van der Waals surface area contributed by atoms with Crippen molar-refractivity contribution in [3.63, 3.8) is 0 Å². The normalized spacial score (nSPS) is 15.5. The minimum absolute atomic E-state index is 0.0889. The van der Waals surface area contributed by atoms with E-state index in [0.717, 1.165) is 37.1 Å². The van der Waals surface area contributed by atoms with Gasteiger partial charge in [0.15, 0.2) is 5.66 Å². The minimum atomic E-state index is -0.396. The topological polar surface area (TPSA) is 79.9 Å². The van der Waals surface area contributed by atoms with E-state index >= 15 is 0 Å². The summed E-state index contributed by atoms with van der Waals surface area (Å²) in [4.78, 5) is 20.1. The highest BCUT2D eigenvalue weighted by atomic mass is 16.6. The molecule has 2 rings (SSSR count). The molecule has 25 heavy (non-hydrogen) atoms. The van der Waals surface area contributed by atoms with Gasteiger partial charge in [0.25, 0.3) is 5.69 Å². The fourth-order valence-corrected chi connectivity index (χ4v) is 3.05. The zero-order chi connectivity index (χ0) is 18.1. The monoisotopic (exact) mass is 344 g/mol. The van der Waals surface area contributed by atoms with E-state index in [1.54, 1.807) is 18.5 Å². The van der Waals surface area contributed by atoms with Gasteiger partial charge in [-0.3, -0.25) is 10.1 Å². The molecule has 0 spiro atoms. The van der Waals surface area contributed by atoms with Crippen LogP contribution in [0.25, 0.3) is 0 Å². The van der Waals surface area contributed by atoms with Crippen LogP contribution in [-0.4, -0.2) is 22.8 Å². The second-order valence-corrected chi connectivity index (χ2v) is 6.56. The summed E-state index contributed by atoms with van der Waals surface area (Å²) in [6.07, 6.45) is 10.5. The number of rotatable bonds is 10. The van der Waals surface area contributed by atoms with E-state index in [1.807, 2.05) is 0 Å². The summed E-state index contributed by atoms with van der Waals surface area (Å²) in [7, 11) is 0. The standard InChI is InChI=1S/C19H28N4O2/c1-3-5-7-13-19(14-8-6-4-2)21-15-20-18(22-19)16-9-11-17(12-10-16)23(24)25/h9-12,15H,3-8,13-14H2,1-2H3,(H,20,21,22). The van der Waals surface area contributed by atoms with Crippen LogP contribution in [0, 0.1) is 10.1 Å². The number of nitro benzene ring substituents is 1. The van der Waals surface area contributed by atoms with Gasteiger partial charge in [0.2, 0.25) is 0 Å². The molecule has 1 aliphatic heterocycles. The van der Waals surface area contributed by atoms with Crippen molar-refractivity contribution in [3.05, 3.63) is 39.9 Å². The Kier molecular flexibility index (Phi) is 7.10. The summed E-state index contributed by atoms with van der Waals surface area (Å²) < 4.78 is 0. The molecule has 1 N–H and O–H groups in total. The van der Waals surface area contributed by atoms with E-state index in [0.29, 0.717) is 0 Å². The number of benzene rings is 1. The molecule has 1 aromatic rings. The van der Waals surface area contributed by atoms with Gasteiger partial charge in [-0.05, 0) is 37.8 Å². The summed E-state index contributed by atoms with van der Waals surface area (Å²) in [5.41, 5.74) is 0.547. The predicted octanol–water partition coefficient (Wildman–Crippen LogP) is 4.83. The first-order valence-corrected chi connectivity index (χ1v) is 9.25. The quantitative estimate of drug-likeness (QED) is 0.375. The fourth-order valence-electron chi connectivity index (χ4n) is 3.05. The van der Waals surface area contributed by atoms with Gasteiger partial charge >= 0.3 is 0 Å². The van der Waals surface area contributed by atoms with Crippen molar-refractivity contribution < 1.29 is 4.92 Å². The lowest BCUT2D eigenvalue weighted by molar-refractivity contribution is -0.384. The molecule has 1 heterocycles. The van der Waals surface area contributed by atoms with Gasteiger partial charge in [-0.15, -0.1) is 0 Å². The lowest BCUT2D eigenvalue weighted by Crippen LogP contribution is -2.37. The molecule has 0 aliphatic carbocycles. The maximum atomic E-state index is 10.8. The van der Waals surface area contributed by atoms with Crippen LogP contribution in [0.15, 0.2) is 34.3 Å². The summed E-state index contributed by atoms with van der Waals surface area (Å²) in [6.45, 7) is 4.39. The highest BCUT2D eigenvalue weighted by molar-refractivity contribution is 6.05. The smallest absolute Gasteiger partial charge is 0.269 e. The average molecular weight is 344 g/mol. The number of nitrogens with one attached hydrogen (secondary N) is 1. The molecule has 6 heteroatoms. The van der Waals surface area contributed by atoms with Crippen LogP contribution in [-0.2, 0) is 0 Å². The Hall–Kier alpha value is -2.24. The molecule has 0 saturated carbocycles. The molecule has 136 valence electrons. The number of hydrogen-bond acceptors (Lipinski definition) is 5. The third kappa shape index (κ3) is 5.37. The average Bonchev–Trinajstić information content (AvgIpc) is 2.62. The summed E-state index contributed by atoms with van der Waals surface area (Å²) >= 11 is 0. The van der Waals surface area contributed by atoms with Crippen LogP contribution >= 0.6 is 0 Å². The molecule has 1 aliphatic rings. The molecule has 0 atom stereocenters. The van der Waals surface area contributed by atoms with Gasteiger partial charge in [-0.2, -0.15) is 0 Å². The van der Waals surface area contributed by atoms with Crippen molar-refractivity contribution in [2.45, 2.75) is 70.9 Å². The highest BCUT2D eigenvalue weighted by Gasteiger charge is 2.30. The van der Waals surface area contributed by atoms with Crippen molar-refractivity contribution in [2.24, 2.45) is 9.98 Å². The first-order chi connectivity index (χ1) is 12.1. The lowest BCUT2D eigenvalue weighted by atomic mass is 9.95. The lowest BCUT2D eigenvalue weighted by Gasteiger charge is -2.30. The van der Waals surface area contributed by atoms with Gasteiger partial charge in [0.05, 0.1) is 11.3 Å². The number of unbranched alkanes of at least 4 members (excludes halogenated alkanes) is 4. The third-order valence-corrected chi connectivity index (χ3v) is 4.54. The molecular weight excluding hydrogens is 316 g/mol. The van der Waals surface area contributed by atoms with E-state index in [9.17, 15) is 10.1 Å². The second-order valence-electron chi connectivity index (χ2n) is 6.56. The molecule has 0 bridgehead atoms. The molecule has 0 unspecified atom stereocenters. The fraction of sp³-hybridized carbons (Fsp3) is 0.579. The Morgan fingerprint density at radius 1 is 1.04 bits per heavy atom. The third-order valence-electron chi connectivity index (χ3n) is 4.54. The first-order valence-electron chi connectivity index (χ1n) is 9.25. The van der Waals surface area contributed by atoms with Crippen LogP contribution in [0.4, 0.5) is 5.69 Å². The second kappa shape index (κ2) is 9.30. The van der Waals surface area contributed by atoms with E-state index in [2.05, 4.69) is 19.2 Å². The van der Waals surface area contributed by atoms with Gasteiger partial charge < -0.3 is 5.32 Å². The zero-order valence-electron chi connectivity index (χ0n) is 15.2. The molecule has 0 amide bonds. The molecular formula is C19H28N4O2. The molecule has 0 aromatic heterocycles. The van der Waals surface area contributed by atoms with E-state index < -0.39 is 5.66 Å². The largest absolute Gasteiger partial charge is 0.331 e. The first kappa shape index (κ1) is 19.1.